The largest absolute Gasteiger partial charge is 0.378 e. The van der Waals surface area contributed by atoms with Crippen LogP contribution in [0.3, 0.4) is 0 Å². The Morgan fingerprint density at radius 3 is 2.54 bits per heavy atom. The molecule has 0 aliphatic carbocycles. The fourth-order valence-electron chi connectivity index (χ4n) is 3.80. The standard InChI is InChI=1S/C24H24N4O6S/c1-2-16-3-6-18(7-4-16)25-22(29)15-27-23(30)21(35-24(27)31)14-17-5-8-19(20(13-17)28(32)33)26-9-11-34-12-10-26/h3-8,13-14H,2,9-12,15H2,1H3,(H,25,29)/b21-14-. The summed E-state index contributed by atoms with van der Waals surface area (Å²) < 4.78 is 5.31. The molecule has 11 heteroatoms. The normalized spacial score (nSPS) is 17.2. The number of nitro groups is 1. The fourth-order valence-corrected chi connectivity index (χ4v) is 4.64. The van der Waals surface area contributed by atoms with Crippen molar-refractivity contribution in [2.45, 2.75) is 13.3 Å². The van der Waals surface area contributed by atoms with Crippen molar-refractivity contribution in [3.63, 3.8) is 0 Å². The second kappa shape index (κ2) is 10.7. The summed E-state index contributed by atoms with van der Waals surface area (Å²) in [5.41, 5.74) is 2.50. The molecular formula is C24H24N4O6S. The zero-order valence-corrected chi connectivity index (χ0v) is 19.9. The summed E-state index contributed by atoms with van der Waals surface area (Å²) in [6.45, 7) is 3.67. The lowest BCUT2D eigenvalue weighted by Gasteiger charge is -2.28. The van der Waals surface area contributed by atoms with Crippen LogP contribution in [0.1, 0.15) is 18.1 Å². The van der Waals surface area contributed by atoms with Gasteiger partial charge in [-0.05, 0) is 53.6 Å². The van der Waals surface area contributed by atoms with E-state index in [1.165, 1.54) is 12.1 Å². The zero-order valence-electron chi connectivity index (χ0n) is 19.1. The minimum atomic E-state index is -0.614. The van der Waals surface area contributed by atoms with Gasteiger partial charge in [-0.15, -0.1) is 0 Å². The Kier molecular flexibility index (Phi) is 7.47. The van der Waals surface area contributed by atoms with Gasteiger partial charge in [0.25, 0.3) is 16.8 Å². The van der Waals surface area contributed by atoms with Gasteiger partial charge in [-0.2, -0.15) is 0 Å². The molecule has 2 fully saturated rings. The summed E-state index contributed by atoms with van der Waals surface area (Å²) >= 11 is 0.698. The van der Waals surface area contributed by atoms with Crippen LogP contribution in [0.25, 0.3) is 6.08 Å². The molecular weight excluding hydrogens is 472 g/mol. The molecule has 3 amide bonds. The number of nitro benzene ring substituents is 1. The van der Waals surface area contributed by atoms with Crippen LogP contribution in [0.15, 0.2) is 47.4 Å². The summed E-state index contributed by atoms with van der Waals surface area (Å²) in [5, 5.41) is 13.8. The highest BCUT2D eigenvalue weighted by molar-refractivity contribution is 8.18. The summed E-state index contributed by atoms with van der Waals surface area (Å²) in [4.78, 5) is 51.7. The molecule has 2 saturated heterocycles. The molecule has 0 unspecified atom stereocenters. The van der Waals surface area contributed by atoms with Crippen molar-refractivity contribution in [3.05, 3.63) is 68.6 Å². The van der Waals surface area contributed by atoms with Crippen LogP contribution in [0.5, 0.6) is 0 Å². The number of morpholine rings is 1. The van der Waals surface area contributed by atoms with E-state index in [0.717, 1.165) is 16.9 Å². The molecule has 0 radical (unpaired) electrons. The topological polar surface area (TPSA) is 122 Å². The van der Waals surface area contributed by atoms with E-state index in [2.05, 4.69) is 5.32 Å². The minimum Gasteiger partial charge on any atom is -0.378 e. The fraction of sp³-hybridized carbons (Fsp3) is 0.292. The van der Waals surface area contributed by atoms with E-state index >= 15 is 0 Å². The van der Waals surface area contributed by atoms with Gasteiger partial charge in [-0.1, -0.05) is 25.1 Å². The monoisotopic (exact) mass is 496 g/mol. The number of nitrogens with zero attached hydrogens (tertiary/aromatic N) is 3. The molecule has 35 heavy (non-hydrogen) atoms. The first-order valence-corrected chi connectivity index (χ1v) is 11.9. The number of hydrogen-bond acceptors (Lipinski definition) is 8. The van der Waals surface area contributed by atoms with E-state index in [0.29, 0.717) is 55.0 Å². The highest BCUT2D eigenvalue weighted by Gasteiger charge is 2.36. The van der Waals surface area contributed by atoms with Crippen LogP contribution in [-0.2, 0) is 20.7 Å². The van der Waals surface area contributed by atoms with Crippen LogP contribution in [0.2, 0.25) is 0 Å². The van der Waals surface area contributed by atoms with E-state index in [1.807, 2.05) is 24.0 Å². The molecule has 0 aromatic heterocycles. The number of anilines is 2. The molecule has 4 rings (SSSR count). The first kappa shape index (κ1) is 24.4. The summed E-state index contributed by atoms with van der Waals surface area (Å²) in [6.07, 6.45) is 2.30. The van der Waals surface area contributed by atoms with E-state index in [9.17, 15) is 24.5 Å². The van der Waals surface area contributed by atoms with E-state index in [1.54, 1.807) is 24.3 Å². The maximum atomic E-state index is 12.8. The molecule has 0 bridgehead atoms. The number of benzene rings is 2. The SMILES string of the molecule is CCc1ccc(NC(=O)CN2C(=O)S/C(=C\c3ccc(N4CCOCC4)c([N+](=O)[O-])c3)C2=O)cc1. The molecule has 1 N–H and O–H groups in total. The van der Waals surface area contributed by atoms with Gasteiger partial charge in [0.2, 0.25) is 5.91 Å². The van der Waals surface area contributed by atoms with E-state index in [-0.39, 0.29) is 10.6 Å². The van der Waals surface area contributed by atoms with E-state index < -0.39 is 28.5 Å². The van der Waals surface area contributed by atoms with Gasteiger partial charge in [0.05, 0.1) is 23.0 Å². The predicted octanol–water partition coefficient (Wildman–Crippen LogP) is 3.67. The first-order valence-electron chi connectivity index (χ1n) is 11.1. The summed E-state index contributed by atoms with van der Waals surface area (Å²) in [6, 6.07) is 12.0. The van der Waals surface area contributed by atoms with Crippen LogP contribution in [-0.4, -0.2) is 59.7 Å². The highest BCUT2D eigenvalue weighted by atomic mass is 32.2. The predicted molar refractivity (Wildman–Crippen MR) is 133 cm³/mol. The Bertz CT molecular complexity index is 1190. The molecule has 10 nitrogen and oxygen atoms in total. The van der Waals surface area contributed by atoms with Crippen molar-refractivity contribution in [1.29, 1.82) is 0 Å². The maximum absolute atomic E-state index is 12.8. The molecule has 2 aromatic rings. The number of imide groups is 1. The number of rotatable bonds is 7. The Morgan fingerprint density at radius 1 is 1.17 bits per heavy atom. The van der Waals surface area contributed by atoms with Gasteiger partial charge in [0, 0.05) is 24.8 Å². The van der Waals surface area contributed by atoms with Crippen LogP contribution < -0.4 is 10.2 Å². The molecule has 0 saturated carbocycles. The van der Waals surface area contributed by atoms with Crippen LogP contribution in [0, 0.1) is 10.1 Å². The van der Waals surface area contributed by atoms with Gasteiger partial charge < -0.3 is 15.0 Å². The van der Waals surface area contributed by atoms with Crippen molar-refractivity contribution in [1.82, 2.24) is 4.90 Å². The number of thioether (sulfide) groups is 1. The summed E-state index contributed by atoms with van der Waals surface area (Å²) in [5.74, 6) is -1.11. The van der Waals surface area contributed by atoms with Crippen LogP contribution >= 0.6 is 11.8 Å². The first-order chi connectivity index (χ1) is 16.9. The highest BCUT2D eigenvalue weighted by Crippen LogP contribution is 2.35. The number of hydrogen-bond donors (Lipinski definition) is 1. The number of carbonyl (C=O) groups excluding carboxylic acids is 3. The quantitative estimate of drug-likeness (QED) is 0.350. The van der Waals surface area contributed by atoms with Crippen LogP contribution in [0.4, 0.5) is 21.9 Å². The third-order valence-corrected chi connectivity index (χ3v) is 6.57. The maximum Gasteiger partial charge on any atom is 0.294 e. The van der Waals surface area contributed by atoms with E-state index in [4.69, 9.17) is 4.74 Å². The molecule has 2 heterocycles. The molecule has 0 atom stereocenters. The number of carbonyl (C=O) groups is 3. The van der Waals surface area contributed by atoms with Gasteiger partial charge in [-0.25, -0.2) is 0 Å². The number of amides is 3. The molecule has 182 valence electrons. The zero-order chi connectivity index (χ0) is 24.9. The second-order valence-electron chi connectivity index (χ2n) is 7.97. The number of aryl methyl sites for hydroxylation is 1. The lowest BCUT2D eigenvalue weighted by molar-refractivity contribution is -0.384. The Balaban J connectivity index is 1.47. The second-order valence-corrected chi connectivity index (χ2v) is 8.96. The Morgan fingerprint density at radius 2 is 1.89 bits per heavy atom. The molecule has 2 aliphatic rings. The van der Waals surface area contributed by atoms with Crippen molar-refractivity contribution in [2.24, 2.45) is 0 Å². The molecule has 2 aromatic carbocycles. The van der Waals surface area contributed by atoms with Gasteiger partial charge in [0.15, 0.2) is 0 Å². The average molecular weight is 497 g/mol. The molecule has 0 spiro atoms. The van der Waals surface area contributed by atoms with Gasteiger partial charge >= 0.3 is 0 Å². The minimum absolute atomic E-state index is 0.0895. The average Bonchev–Trinajstić information content (AvgIpc) is 3.12. The lowest BCUT2D eigenvalue weighted by atomic mass is 10.1. The van der Waals surface area contributed by atoms with Crippen molar-refractivity contribution >= 4 is 52.0 Å². The number of nitrogens with one attached hydrogen (secondary N) is 1. The third-order valence-electron chi connectivity index (χ3n) is 5.67. The Hall–Kier alpha value is -3.70. The third kappa shape index (κ3) is 5.69. The Labute approximate surface area is 206 Å². The van der Waals surface area contributed by atoms with Gasteiger partial charge in [-0.3, -0.25) is 29.4 Å². The van der Waals surface area contributed by atoms with Crippen molar-refractivity contribution < 1.29 is 24.0 Å². The van der Waals surface area contributed by atoms with Crippen molar-refractivity contribution in [2.75, 3.05) is 43.1 Å². The number of ether oxygens (including phenoxy) is 1. The molecule has 2 aliphatic heterocycles. The smallest absolute Gasteiger partial charge is 0.294 e. The van der Waals surface area contributed by atoms with Crippen molar-refractivity contribution in [3.8, 4) is 0 Å². The summed E-state index contributed by atoms with van der Waals surface area (Å²) in [7, 11) is 0. The van der Waals surface area contributed by atoms with Gasteiger partial charge in [0.1, 0.15) is 12.2 Å². The lowest BCUT2D eigenvalue weighted by Crippen LogP contribution is -2.36.